The van der Waals surface area contributed by atoms with Gasteiger partial charge in [0.05, 0.1) is 0 Å². The molecule has 0 amide bonds. The normalized spacial score (nSPS) is 11.3. The van der Waals surface area contributed by atoms with Crippen LogP contribution in [0.25, 0.3) is 0 Å². The van der Waals surface area contributed by atoms with Crippen molar-refractivity contribution >= 4 is 15.9 Å². The first-order chi connectivity index (χ1) is 9.87. The van der Waals surface area contributed by atoms with Gasteiger partial charge in [-0.15, -0.1) is 13.2 Å². The van der Waals surface area contributed by atoms with Crippen LogP contribution in [0.3, 0.4) is 0 Å². The van der Waals surface area contributed by atoms with E-state index >= 15 is 0 Å². The zero-order valence-electron chi connectivity index (χ0n) is 10.7. The third kappa shape index (κ3) is 4.64. The van der Waals surface area contributed by atoms with Gasteiger partial charge in [0.25, 0.3) is 0 Å². The highest BCUT2D eigenvalue weighted by molar-refractivity contribution is 9.10. The SMILES string of the molecule is NCc1cc(Br)cc(Oc2ccccc2OC(F)(F)F)c1. The molecule has 0 aliphatic heterocycles. The lowest BCUT2D eigenvalue weighted by atomic mass is 10.2. The second kappa shape index (κ2) is 6.36. The minimum atomic E-state index is -4.78. The number of hydrogen-bond donors (Lipinski definition) is 1. The van der Waals surface area contributed by atoms with Crippen molar-refractivity contribution in [2.45, 2.75) is 12.9 Å². The van der Waals surface area contributed by atoms with Crippen molar-refractivity contribution in [1.82, 2.24) is 0 Å². The van der Waals surface area contributed by atoms with Crippen LogP contribution in [0, 0.1) is 0 Å². The number of alkyl halides is 3. The number of rotatable bonds is 4. The third-order valence-corrected chi connectivity index (χ3v) is 2.93. The van der Waals surface area contributed by atoms with Crippen molar-refractivity contribution in [3.05, 3.63) is 52.5 Å². The second-order valence-electron chi connectivity index (χ2n) is 4.10. The van der Waals surface area contributed by atoms with Gasteiger partial charge in [-0.2, -0.15) is 0 Å². The first-order valence-corrected chi connectivity index (χ1v) is 6.69. The molecule has 0 aliphatic rings. The smallest absolute Gasteiger partial charge is 0.453 e. The Morgan fingerprint density at radius 2 is 1.71 bits per heavy atom. The van der Waals surface area contributed by atoms with Crippen LogP contribution >= 0.6 is 15.9 Å². The van der Waals surface area contributed by atoms with Crippen molar-refractivity contribution in [3.8, 4) is 17.2 Å². The summed E-state index contributed by atoms with van der Waals surface area (Å²) in [4.78, 5) is 0. The van der Waals surface area contributed by atoms with E-state index in [1.54, 1.807) is 24.3 Å². The molecule has 0 radical (unpaired) electrons. The maximum atomic E-state index is 12.3. The minimum absolute atomic E-state index is 0.0316. The number of nitrogens with two attached hydrogens (primary N) is 1. The van der Waals surface area contributed by atoms with Crippen LogP contribution in [0.4, 0.5) is 13.2 Å². The zero-order valence-corrected chi connectivity index (χ0v) is 12.2. The van der Waals surface area contributed by atoms with Crippen molar-refractivity contribution in [2.24, 2.45) is 5.73 Å². The number of ether oxygens (including phenoxy) is 2. The topological polar surface area (TPSA) is 44.5 Å². The van der Waals surface area contributed by atoms with Crippen LogP contribution in [0.1, 0.15) is 5.56 Å². The molecule has 7 heteroatoms. The Hall–Kier alpha value is -1.73. The fourth-order valence-corrected chi connectivity index (χ4v) is 2.19. The highest BCUT2D eigenvalue weighted by Crippen LogP contribution is 2.35. The molecule has 2 aromatic carbocycles. The summed E-state index contributed by atoms with van der Waals surface area (Å²) in [7, 11) is 0. The fourth-order valence-electron chi connectivity index (χ4n) is 1.67. The summed E-state index contributed by atoms with van der Waals surface area (Å²) in [6, 6.07) is 10.6. The quantitative estimate of drug-likeness (QED) is 0.865. The van der Waals surface area contributed by atoms with Gasteiger partial charge >= 0.3 is 6.36 Å². The number of benzene rings is 2. The van der Waals surface area contributed by atoms with E-state index in [0.29, 0.717) is 5.75 Å². The van der Waals surface area contributed by atoms with Gasteiger partial charge in [0, 0.05) is 11.0 Å². The van der Waals surface area contributed by atoms with Crippen molar-refractivity contribution in [2.75, 3.05) is 0 Å². The molecule has 0 aromatic heterocycles. The lowest BCUT2D eigenvalue weighted by molar-refractivity contribution is -0.275. The predicted octanol–water partition coefficient (Wildman–Crippen LogP) is 4.60. The molecular formula is C14H11BrF3NO2. The maximum absolute atomic E-state index is 12.3. The second-order valence-corrected chi connectivity index (χ2v) is 5.01. The van der Waals surface area contributed by atoms with Gasteiger partial charge in [0.15, 0.2) is 11.5 Å². The Balaban J connectivity index is 2.29. The van der Waals surface area contributed by atoms with Crippen molar-refractivity contribution in [3.63, 3.8) is 0 Å². The Bertz CT molecular complexity index is 632. The highest BCUT2D eigenvalue weighted by Gasteiger charge is 2.32. The van der Waals surface area contributed by atoms with E-state index in [2.05, 4.69) is 20.7 Å². The van der Waals surface area contributed by atoms with E-state index < -0.39 is 12.1 Å². The van der Waals surface area contributed by atoms with Gasteiger partial charge in [0.2, 0.25) is 0 Å². The predicted molar refractivity (Wildman–Crippen MR) is 75.2 cm³/mol. The average molecular weight is 362 g/mol. The van der Waals surface area contributed by atoms with Gasteiger partial charge in [-0.25, -0.2) is 0 Å². The fraction of sp³-hybridized carbons (Fsp3) is 0.143. The molecule has 0 bridgehead atoms. The van der Waals surface area contributed by atoms with Gasteiger partial charge in [0.1, 0.15) is 5.75 Å². The van der Waals surface area contributed by atoms with Gasteiger partial charge < -0.3 is 15.2 Å². The van der Waals surface area contributed by atoms with Crippen molar-refractivity contribution in [1.29, 1.82) is 0 Å². The molecule has 0 saturated heterocycles. The number of halogens is 4. The molecular weight excluding hydrogens is 351 g/mol. The molecule has 0 aliphatic carbocycles. The zero-order chi connectivity index (χ0) is 15.5. The lowest BCUT2D eigenvalue weighted by Gasteiger charge is -2.14. The van der Waals surface area contributed by atoms with Gasteiger partial charge in [-0.05, 0) is 35.9 Å². The van der Waals surface area contributed by atoms with Crippen molar-refractivity contribution < 1.29 is 22.6 Å². The summed E-state index contributed by atoms with van der Waals surface area (Å²) >= 11 is 3.29. The van der Waals surface area contributed by atoms with E-state index in [1.165, 1.54) is 18.2 Å². The Morgan fingerprint density at radius 3 is 2.33 bits per heavy atom. The molecule has 3 nitrogen and oxygen atoms in total. The largest absolute Gasteiger partial charge is 0.573 e. The molecule has 0 heterocycles. The molecule has 2 N–H and O–H groups in total. The molecule has 2 rings (SSSR count). The number of para-hydroxylation sites is 2. The third-order valence-electron chi connectivity index (χ3n) is 2.47. The molecule has 0 fully saturated rings. The van der Waals surface area contributed by atoms with Crippen LogP contribution in [0.5, 0.6) is 17.2 Å². The van der Waals surface area contributed by atoms with Crippen LogP contribution in [-0.4, -0.2) is 6.36 Å². The standard InChI is InChI=1S/C14H11BrF3NO2/c15-10-5-9(8-19)6-11(7-10)20-12-3-1-2-4-13(12)21-14(16,17)18/h1-7H,8,19H2. The first-order valence-electron chi connectivity index (χ1n) is 5.89. The van der Waals surface area contributed by atoms with Gasteiger partial charge in [-0.3, -0.25) is 0 Å². The molecule has 0 unspecified atom stereocenters. The van der Waals surface area contributed by atoms with E-state index in [-0.39, 0.29) is 12.3 Å². The van der Waals surface area contributed by atoms with Crippen LogP contribution in [0.2, 0.25) is 0 Å². The highest BCUT2D eigenvalue weighted by atomic mass is 79.9. The Morgan fingerprint density at radius 1 is 1.05 bits per heavy atom. The summed E-state index contributed by atoms with van der Waals surface area (Å²) in [6.45, 7) is 0.288. The molecule has 112 valence electrons. The van der Waals surface area contributed by atoms with E-state index in [4.69, 9.17) is 10.5 Å². The lowest BCUT2D eigenvalue weighted by Crippen LogP contribution is -2.17. The first kappa shape index (κ1) is 15.7. The van der Waals surface area contributed by atoms with E-state index in [0.717, 1.165) is 10.0 Å². The van der Waals surface area contributed by atoms with Crippen LogP contribution in [0.15, 0.2) is 46.9 Å². The van der Waals surface area contributed by atoms with E-state index in [9.17, 15) is 13.2 Å². The number of hydrogen-bond acceptors (Lipinski definition) is 3. The summed E-state index contributed by atoms with van der Waals surface area (Å²) in [5.41, 5.74) is 6.33. The minimum Gasteiger partial charge on any atom is -0.453 e. The maximum Gasteiger partial charge on any atom is 0.573 e. The molecule has 0 spiro atoms. The molecule has 21 heavy (non-hydrogen) atoms. The molecule has 0 saturated carbocycles. The van der Waals surface area contributed by atoms with Crippen LogP contribution < -0.4 is 15.2 Å². The molecule has 2 aromatic rings. The summed E-state index contributed by atoms with van der Waals surface area (Å²) in [6.07, 6.45) is -4.78. The Kier molecular flexibility index (Phi) is 4.74. The average Bonchev–Trinajstić information content (AvgIpc) is 2.38. The Labute approximate surface area is 127 Å². The molecule has 0 atom stereocenters. The monoisotopic (exact) mass is 361 g/mol. The van der Waals surface area contributed by atoms with Gasteiger partial charge in [-0.1, -0.05) is 28.1 Å². The van der Waals surface area contributed by atoms with Crippen LogP contribution in [-0.2, 0) is 6.54 Å². The summed E-state index contributed by atoms with van der Waals surface area (Å²) < 4.78 is 47.1. The van der Waals surface area contributed by atoms with E-state index in [1.807, 2.05) is 0 Å². The summed E-state index contributed by atoms with van der Waals surface area (Å²) in [5.74, 6) is -0.0711. The summed E-state index contributed by atoms with van der Waals surface area (Å²) in [5, 5.41) is 0.